The van der Waals surface area contributed by atoms with E-state index in [1.54, 1.807) is 52.8 Å². The SMILES string of the molecule is Cc1ccc(S(=O)(=O)O)cc1.Cn1c(=O)n(-c2cccc(Cl)c2)c2c3cc(-c4cccnc4)ccc3ncc21. The molecule has 39 heavy (non-hydrogen) atoms. The van der Waals surface area contributed by atoms with Crippen molar-refractivity contribution in [3.05, 3.63) is 119 Å². The molecule has 0 aliphatic rings. The number of fused-ring (bicyclic) bond motifs is 3. The van der Waals surface area contributed by atoms with Crippen LogP contribution in [-0.4, -0.2) is 32.1 Å². The van der Waals surface area contributed by atoms with Crippen LogP contribution < -0.4 is 5.69 Å². The summed E-state index contributed by atoms with van der Waals surface area (Å²) in [6.07, 6.45) is 5.31. The second-order valence-electron chi connectivity index (χ2n) is 8.91. The van der Waals surface area contributed by atoms with Crippen LogP contribution in [0.25, 0.3) is 38.8 Å². The molecule has 3 aromatic carbocycles. The Morgan fingerprint density at radius 3 is 2.33 bits per heavy atom. The summed E-state index contributed by atoms with van der Waals surface area (Å²) in [5, 5.41) is 1.48. The molecule has 8 nitrogen and oxygen atoms in total. The van der Waals surface area contributed by atoms with Gasteiger partial charge in [0.15, 0.2) is 0 Å². The fourth-order valence-corrected chi connectivity index (χ4v) is 4.94. The summed E-state index contributed by atoms with van der Waals surface area (Å²) in [7, 11) is -2.27. The number of aryl methyl sites for hydroxylation is 2. The van der Waals surface area contributed by atoms with Crippen molar-refractivity contribution in [2.45, 2.75) is 11.8 Å². The van der Waals surface area contributed by atoms with Gasteiger partial charge in [-0.2, -0.15) is 8.42 Å². The Morgan fingerprint density at radius 2 is 1.67 bits per heavy atom. The van der Waals surface area contributed by atoms with Crippen molar-refractivity contribution >= 4 is 43.7 Å². The lowest BCUT2D eigenvalue weighted by atomic mass is 10.0. The first-order valence-corrected chi connectivity index (χ1v) is 13.7. The molecule has 0 aliphatic carbocycles. The van der Waals surface area contributed by atoms with E-state index in [2.05, 4.69) is 16.0 Å². The molecule has 3 aromatic heterocycles. The third kappa shape index (κ3) is 5.33. The van der Waals surface area contributed by atoms with Crippen LogP contribution in [0.15, 0.2) is 107 Å². The van der Waals surface area contributed by atoms with Gasteiger partial charge in [-0.15, -0.1) is 0 Å². The van der Waals surface area contributed by atoms with E-state index in [0.29, 0.717) is 5.02 Å². The Balaban J connectivity index is 0.000000237. The number of hydrogen-bond acceptors (Lipinski definition) is 5. The normalized spacial score (nSPS) is 11.4. The smallest absolute Gasteiger partial charge is 0.293 e. The zero-order chi connectivity index (χ0) is 27.7. The summed E-state index contributed by atoms with van der Waals surface area (Å²) >= 11 is 6.19. The highest BCUT2D eigenvalue weighted by molar-refractivity contribution is 7.85. The van der Waals surface area contributed by atoms with Gasteiger partial charge in [-0.05, 0) is 61.0 Å². The Kier molecular flexibility index (Phi) is 7.05. The molecule has 0 spiro atoms. The molecule has 3 heterocycles. The molecule has 0 atom stereocenters. The van der Waals surface area contributed by atoms with Gasteiger partial charge in [0.2, 0.25) is 0 Å². The summed E-state index contributed by atoms with van der Waals surface area (Å²) in [6, 6.07) is 23.3. The quantitative estimate of drug-likeness (QED) is 0.274. The minimum atomic E-state index is -4.02. The maximum absolute atomic E-state index is 13.0. The zero-order valence-corrected chi connectivity index (χ0v) is 22.6. The van der Waals surface area contributed by atoms with E-state index in [-0.39, 0.29) is 10.6 Å². The van der Waals surface area contributed by atoms with Gasteiger partial charge in [-0.3, -0.25) is 23.7 Å². The molecule has 0 fully saturated rings. The van der Waals surface area contributed by atoms with Crippen molar-refractivity contribution in [2.75, 3.05) is 0 Å². The average molecular weight is 559 g/mol. The van der Waals surface area contributed by atoms with Crippen LogP contribution >= 0.6 is 11.6 Å². The van der Waals surface area contributed by atoms with Gasteiger partial charge in [0.1, 0.15) is 0 Å². The highest BCUT2D eigenvalue weighted by Crippen LogP contribution is 2.29. The van der Waals surface area contributed by atoms with Crippen LogP contribution in [0.1, 0.15) is 5.56 Å². The van der Waals surface area contributed by atoms with Gasteiger partial charge in [-0.25, -0.2) is 4.79 Å². The second-order valence-corrected chi connectivity index (χ2v) is 10.8. The monoisotopic (exact) mass is 558 g/mol. The van der Waals surface area contributed by atoms with Crippen LogP contribution in [0.3, 0.4) is 0 Å². The van der Waals surface area contributed by atoms with Crippen LogP contribution in [-0.2, 0) is 17.2 Å². The summed E-state index contributed by atoms with van der Waals surface area (Å²) in [4.78, 5) is 21.7. The fraction of sp³-hybridized carbons (Fsp3) is 0.0690. The predicted octanol–water partition coefficient (Wildman–Crippen LogP) is 5.83. The fourth-order valence-electron chi connectivity index (χ4n) is 4.28. The number of imidazole rings is 1. The molecule has 0 unspecified atom stereocenters. The number of hydrogen-bond donors (Lipinski definition) is 1. The minimum absolute atomic E-state index is 0.0666. The first-order valence-electron chi connectivity index (χ1n) is 11.8. The topological polar surface area (TPSA) is 107 Å². The average Bonchev–Trinajstić information content (AvgIpc) is 3.19. The molecule has 1 N–H and O–H groups in total. The number of aromatic nitrogens is 4. The highest BCUT2D eigenvalue weighted by Gasteiger charge is 2.17. The summed E-state index contributed by atoms with van der Waals surface area (Å²) < 4.78 is 32.9. The molecule has 6 rings (SSSR count). The molecular formula is C29H23ClN4O4S. The first kappa shape index (κ1) is 26.3. The maximum atomic E-state index is 13.0. The lowest BCUT2D eigenvalue weighted by Gasteiger charge is -2.08. The molecule has 0 saturated heterocycles. The molecule has 0 saturated carbocycles. The standard InChI is InChI=1S/C22H15ClN4O.C7H8O3S/c1-26-20-13-25-19-8-7-14(15-4-3-9-24-12-15)10-18(19)21(20)27(22(26)28)17-6-2-5-16(23)11-17;1-6-2-4-7(5-3-6)11(8,9)10/h2-13H,1H3;2-5H,1H3,(H,8,9,10). The third-order valence-corrected chi connectivity index (χ3v) is 7.37. The maximum Gasteiger partial charge on any atom is 0.333 e. The number of nitrogens with zero attached hydrogens (tertiary/aromatic N) is 4. The molecule has 0 aliphatic heterocycles. The lowest BCUT2D eigenvalue weighted by molar-refractivity contribution is 0.483. The van der Waals surface area contributed by atoms with E-state index in [4.69, 9.17) is 16.2 Å². The van der Waals surface area contributed by atoms with Crippen molar-refractivity contribution in [3.8, 4) is 16.8 Å². The van der Waals surface area contributed by atoms with Gasteiger partial charge < -0.3 is 0 Å². The molecule has 0 amide bonds. The summed E-state index contributed by atoms with van der Waals surface area (Å²) in [6.45, 7) is 1.84. The van der Waals surface area contributed by atoms with Crippen molar-refractivity contribution in [1.29, 1.82) is 0 Å². The van der Waals surface area contributed by atoms with E-state index in [9.17, 15) is 13.2 Å². The van der Waals surface area contributed by atoms with Gasteiger partial charge in [0, 0.05) is 35.4 Å². The van der Waals surface area contributed by atoms with E-state index in [1.165, 1.54) is 12.1 Å². The molecule has 0 bridgehead atoms. The van der Waals surface area contributed by atoms with Crippen molar-refractivity contribution in [1.82, 2.24) is 19.1 Å². The number of rotatable bonds is 3. The summed E-state index contributed by atoms with van der Waals surface area (Å²) in [5.74, 6) is 0. The Bertz CT molecular complexity index is 1980. The summed E-state index contributed by atoms with van der Waals surface area (Å²) in [5.41, 5.74) is 5.96. The first-order chi connectivity index (χ1) is 18.6. The van der Waals surface area contributed by atoms with Crippen LogP contribution in [0.5, 0.6) is 0 Å². The Labute approximate surface area is 229 Å². The lowest BCUT2D eigenvalue weighted by Crippen LogP contribution is -2.20. The van der Waals surface area contributed by atoms with Crippen molar-refractivity contribution < 1.29 is 13.0 Å². The van der Waals surface area contributed by atoms with Crippen LogP contribution in [0.2, 0.25) is 5.02 Å². The molecule has 10 heteroatoms. The molecule has 6 aromatic rings. The van der Waals surface area contributed by atoms with Gasteiger partial charge in [-0.1, -0.05) is 47.5 Å². The molecular weight excluding hydrogens is 536 g/mol. The Hall–Kier alpha value is -4.31. The van der Waals surface area contributed by atoms with E-state index >= 15 is 0 Å². The second kappa shape index (κ2) is 10.5. The minimum Gasteiger partial charge on any atom is -0.293 e. The van der Waals surface area contributed by atoms with E-state index in [1.807, 2.05) is 49.5 Å². The van der Waals surface area contributed by atoms with Gasteiger partial charge >= 0.3 is 5.69 Å². The largest absolute Gasteiger partial charge is 0.333 e. The van der Waals surface area contributed by atoms with E-state index in [0.717, 1.165) is 44.3 Å². The molecule has 196 valence electrons. The highest BCUT2D eigenvalue weighted by atomic mass is 35.5. The van der Waals surface area contributed by atoms with Crippen molar-refractivity contribution in [3.63, 3.8) is 0 Å². The third-order valence-electron chi connectivity index (χ3n) is 6.26. The van der Waals surface area contributed by atoms with Crippen LogP contribution in [0, 0.1) is 6.92 Å². The van der Waals surface area contributed by atoms with Gasteiger partial charge in [0.25, 0.3) is 10.1 Å². The van der Waals surface area contributed by atoms with E-state index < -0.39 is 10.1 Å². The predicted molar refractivity (Wildman–Crippen MR) is 153 cm³/mol. The molecule has 0 radical (unpaired) electrons. The van der Waals surface area contributed by atoms with Gasteiger partial charge in [0.05, 0.1) is 33.3 Å². The number of halogens is 1. The number of pyridine rings is 2. The number of benzene rings is 3. The van der Waals surface area contributed by atoms with Crippen LogP contribution in [0.4, 0.5) is 0 Å². The Morgan fingerprint density at radius 1 is 0.897 bits per heavy atom. The zero-order valence-electron chi connectivity index (χ0n) is 21.0. The van der Waals surface area contributed by atoms with Crippen molar-refractivity contribution in [2.24, 2.45) is 7.05 Å².